The van der Waals surface area contributed by atoms with Crippen LogP contribution in [0.5, 0.6) is 5.88 Å². The third-order valence-electron chi connectivity index (χ3n) is 7.19. The lowest BCUT2D eigenvalue weighted by molar-refractivity contribution is -0.104. The summed E-state index contributed by atoms with van der Waals surface area (Å²) in [5.74, 6) is -1.83. The van der Waals surface area contributed by atoms with Gasteiger partial charge in [-0.25, -0.2) is 18.7 Å². The van der Waals surface area contributed by atoms with E-state index < -0.39 is 11.3 Å². The molecule has 0 aliphatic carbocycles. The van der Waals surface area contributed by atoms with Crippen LogP contribution in [0.25, 0.3) is 11.0 Å². The monoisotopic (exact) mass is 512 g/mol. The van der Waals surface area contributed by atoms with Crippen LogP contribution in [-0.4, -0.2) is 59.2 Å². The molecule has 9 heteroatoms. The van der Waals surface area contributed by atoms with Crippen molar-refractivity contribution in [1.29, 1.82) is 0 Å². The molecule has 0 radical (unpaired) electrons. The van der Waals surface area contributed by atoms with Gasteiger partial charge in [-0.05, 0) is 38.5 Å². The van der Waals surface area contributed by atoms with Crippen LogP contribution in [0.15, 0.2) is 36.7 Å². The summed E-state index contributed by atoms with van der Waals surface area (Å²) in [5.41, 5.74) is 0.981. The third-order valence-corrected chi connectivity index (χ3v) is 7.19. The van der Waals surface area contributed by atoms with Gasteiger partial charge in [0.15, 0.2) is 5.65 Å². The second kappa shape index (κ2) is 10.4. The second-order valence-corrected chi connectivity index (χ2v) is 11.0. The number of pyridine rings is 1. The number of piperazine rings is 1. The Morgan fingerprint density at radius 1 is 1.00 bits per heavy atom. The van der Waals surface area contributed by atoms with E-state index in [-0.39, 0.29) is 11.6 Å². The molecule has 1 aromatic carbocycles. The van der Waals surface area contributed by atoms with Gasteiger partial charge in [0.25, 0.3) is 5.92 Å². The molecule has 0 amide bonds. The zero-order chi connectivity index (χ0) is 27.0. The number of nitrogens with zero attached hydrogens (tertiary/aromatic N) is 5. The van der Waals surface area contributed by atoms with E-state index in [4.69, 9.17) is 4.74 Å². The molecular formula is C28H38F2N6O. The molecule has 4 rings (SSSR count). The van der Waals surface area contributed by atoms with E-state index >= 15 is 8.78 Å². The summed E-state index contributed by atoms with van der Waals surface area (Å²) < 4.78 is 35.7. The predicted molar refractivity (Wildman–Crippen MR) is 145 cm³/mol. The minimum atomic E-state index is -2.96. The highest BCUT2D eigenvalue weighted by Crippen LogP contribution is 2.45. The smallest absolute Gasteiger partial charge is 0.277 e. The number of alkyl halides is 2. The van der Waals surface area contributed by atoms with Gasteiger partial charge in [-0.3, -0.25) is 4.90 Å². The molecule has 37 heavy (non-hydrogen) atoms. The van der Waals surface area contributed by atoms with E-state index in [1.165, 1.54) is 12.4 Å². The summed E-state index contributed by atoms with van der Waals surface area (Å²) in [6.07, 6.45) is 1.45. The maximum absolute atomic E-state index is 15.0. The summed E-state index contributed by atoms with van der Waals surface area (Å²) in [6, 6.07) is 8.86. The Morgan fingerprint density at radius 3 is 2.32 bits per heavy atom. The van der Waals surface area contributed by atoms with Crippen molar-refractivity contribution in [1.82, 2.24) is 19.9 Å². The van der Waals surface area contributed by atoms with Crippen molar-refractivity contribution < 1.29 is 13.5 Å². The number of methoxy groups -OCH3 is 1. The molecule has 7 nitrogen and oxygen atoms in total. The molecule has 0 spiro atoms. The van der Waals surface area contributed by atoms with Gasteiger partial charge in [-0.2, -0.15) is 4.98 Å². The van der Waals surface area contributed by atoms with Gasteiger partial charge in [0.2, 0.25) is 5.88 Å². The molecule has 1 aliphatic rings. The van der Waals surface area contributed by atoms with E-state index in [1.807, 2.05) is 19.1 Å². The summed E-state index contributed by atoms with van der Waals surface area (Å²) in [5, 5.41) is 4.16. The number of fused-ring (bicyclic) bond motifs is 1. The number of anilines is 2. The van der Waals surface area contributed by atoms with Gasteiger partial charge in [0, 0.05) is 49.2 Å². The Bertz CT molecular complexity index is 1240. The number of hydrogen-bond acceptors (Lipinski definition) is 7. The molecular weight excluding hydrogens is 474 g/mol. The third kappa shape index (κ3) is 5.46. The molecule has 1 aliphatic heterocycles. The normalized spacial score (nSPS) is 16.3. The average molecular weight is 513 g/mol. The predicted octanol–water partition coefficient (Wildman–Crippen LogP) is 5.87. The van der Waals surface area contributed by atoms with Gasteiger partial charge in [-0.1, -0.05) is 39.0 Å². The number of hydrogen-bond donors (Lipinski definition) is 1. The van der Waals surface area contributed by atoms with Crippen LogP contribution in [-0.2, 0) is 5.92 Å². The highest BCUT2D eigenvalue weighted by Gasteiger charge is 2.44. The fraction of sp³-hybridized carbons (Fsp3) is 0.536. The van der Waals surface area contributed by atoms with Crippen molar-refractivity contribution in [3.05, 3.63) is 47.8 Å². The number of ether oxygens (including phenoxy) is 1. The quantitative estimate of drug-likeness (QED) is 0.424. The molecule has 2 aromatic heterocycles. The minimum Gasteiger partial charge on any atom is -0.479 e. The lowest BCUT2D eigenvalue weighted by atomic mass is 9.83. The SMILES string of the molecule is COc1nc2ncnc(N[C@H](C)c3cccc(C(F)(F)C(C)(C)C)c3)c2cc1N1CCN(C(C)C)CC1. The summed E-state index contributed by atoms with van der Waals surface area (Å²) >= 11 is 0. The van der Waals surface area contributed by atoms with Crippen molar-refractivity contribution in [3.8, 4) is 5.88 Å². The minimum absolute atomic E-state index is 0.00734. The van der Waals surface area contributed by atoms with E-state index in [0.717, 1.165) is 42.8 Å². The molecule has 1 N–H and O–H groups in total. The molecule has 3 aromatic rings. The first-order valence-electron chi connectivity index (χ1n) is 12.9. The summed E-state index contributed by atoms with van der Waals surface area (Å²) in [4.78, 5) is 18.2. The fourth-order valence-corrected chi connectivity index (χ4v) is 4.66. The van der Waals surface area contributed by atoms with Gasteiger partial charge < -0.3 is 15.0 Å². The van der Waals surface area contributed by atoms with Gasteiger partial charge in [0.1, 0.15) is 17.8 Å². The molecule has 1 fully saturated rings. The van der Waals surface area contributed by atoms with Crippen LogP contribution in [0.3, 0.4) is 0 Å². The van der Waals surface area contributed by atoms with Crippen LogP contribution < -0.4 is 15.0 Å². The van der Waals surface area contributed by atoms with Crippen LogP contribution in [0.2, 0.25) is 0 Å². The van der Waals surface area contributed by atoms with Gasteiger partial charge in [0.05, 0.1) is 12.5 Å². The first kappa shape index (κ1) is 27.0. The Kier molecular flexibility index (Phi) is 7.55. The first-order valence-corrected chi connectivity index (χ1v) is 12.9. The highest BCUT2D eigenvalue weighted by molar-refractivity contribution is 5.90. The van der Waals surface area contributed by atoms with E-state index in [2.05, 4.69) is 43.9 Å². The van der Waals surface area contributed by atoms with Gasteiger partial charge in [-0.15, -0.1) is 0 Å². The topological polar surface area (TPSA) is 66.4 Å². The zero-order valence-corrected chi connectivity index (χ0v) is 22.8. The molecule has 3 heterocycles. The lowest BCUT2D eigenvalue weighted by Gasteiger charge is -2.38. The van der Waals surface area contributed by atoms with Crippen LogP contribution in [0.1, 0.15) is 58.7 Å². The molecule has 200 valence electrons. The van der Waals surface area contributed by atoms with Crippen LogP contribution in [0.4, 0.5) is 20.3 Å². The Morgan fingerprint density at radius 2 is 1.70 bits per heavy atom. The maximum Gasteiger partial charge on any atom is 0.277 e. The Balaban J connectivity index is 1.64. The van der Waals surface area contributed by atoms with Gasteiger partial charge >= 0.3 is 0 Å². The molecule has 0 unspecified atom stereocenters. The Labute approximate surface area is 218 Å². The molecule has 0 saturated carbocycles. The van der Waals surface area contributed by atoms with Crippen molar-refractivity contribution in [2.24, 2.45) is 5.41 Å². The van der Waals surface area contributed by atoms with E-state index in [9.17, 15) is 0 Å². The van der Waals surface area contributed by atoms with E-state index in [1.54, 1.807) is 40.0 Å². The second-order valence-electron chi connectivity index (χ2n) is 11.0. The highest BCUT2D eigenvalue weighted by atomic mass is 19.3. The zero-order valence-electron chi connectivity index (χ0n) is 22.8. The summed E-state index contributed by atoms with van der Waals surface area (Å²) in [7, 11) is 1.62. The van der Waals surface area contributed by atoms with Crippen molar-refractivity contribution >= 4 is 22.5 Å². The number of halogens is 2. The average Bonchev–Trinajstić information content (AvgIpc) is 2.87. The largest absolute Gasteiger partial charge is 0.479 e. The number of benzene rings is 1. The van der Waals surface area contributed by atoms with Crippen molar-refractivity contribution in [3.63, 3.8) is 0 Å². The van der Waals surface area contributed by atoms with Crippen molar-refractivity contribution in [2.75, 3.05) is 43.5 Å². The molecule has 1 saturated heterocycles. The number of aromatic nitrogens is 3. The fourth-order valence-electron chi connectivity index (χ4n) is 4.66. The van der Waals surface area contributed by atoms with Crippen LogP contribution in [0, 0.1) is 5.41 Å². The summed E-state index contributed by atoms with van der Waals surface area (Å²) in [6.45, 7) is 14.7. The Hall–Kier alpha value is -3.07. The van der Waals surface area contributed by atoms with Crippen molar-refractivity contribution in [2.45, 2.75) is 59.5 Å². The lowest BCUT2D eigenvalue weighted by Crippen LogP contribution is -2.49. The number of rotatable bonds is 7. The van der Waals surface area contributed by atoms with E-state index in [0.29, 0.717) is 23.4 Å². The first-order chi connectivity index (χ1) is 17.4. The molecule has 1 atom stereocenters. The standard InChI is InChI=1S/C28H38F2N6O/c1-18(2)35-11-13-36(14-12-35)23-16-22-24(31-17-32-25(22)34-26(23)37-7)33-19(3)20-9-8-10-21(15-20)28(29,30)27(4,5)6/h8-10,15-19H,11-14H2,1-7H3,(H,31,32,33,34)/t19-/m1/s1. The number of nitrogens with one attached hydrogen (secondary N) is 1. The maximum atomic E-state index is 15.0. The van der Waals surface area contributed by atoms with Crippen LogP contribution >= 0.6 is 0 Å². The molecule has 0 bridgehead atoms.